The van der Waals surface area contributed by atoms with Gasteiger partial charge < -0.3 is 15.5 Å². The van der Waals surface area contributed by atoms with Gasteiger partial charge in [0.2, 0.25) is 5.91 Å². The molecule has 0 aliphatic carbocycles. The Balaban J connectivity index is 1.97. The smallest absolute Gasteiger partial charge is 0.251 e. The maximum Gasteiger partial charge on any atom is 0.251 e. The predicted molar refractivity (Wildman–Crippen MR) is 92.8 cm³/mol. The SMILES string of the molecule is CCN(CC(=O)Nc1ccc(C(=O)NC)cc1)c1ccccc1. The van der Waals surface area contributed by atoms with E-state index in [0.717, 1.165) is 12.2 Å². The first kappa shape index (κ1) is 16.5. The number of hydrogen-bond donors (Lipinski definition) is 2. The van der Waals surface area contributed by atoms with Crippen molar-refractivity contribution in [2.24, 2.45) is 0 Å². The van der Waals surface area contributed by atoms with Crippen molar-refractivity contribution >= 4 is 23.2 Å². The molecule has 2 amide bonds. The average molecular weight is 311 g/mol. The number of anilines is 2. The molecule has 0 atom stereocenters. The third-order valence-electron chi connectivity index (χ3n) is 3.50. The number of para-hydroxylation sites is 1. The lowest BCUT2D eigenvalue weighted by Crippen LogP contribution is -2.33. The largest absolute Gasteiger partial charge is 0.362 e. The molecule has 0 aliphatic rings. The molecule has 0 unspecified atom stereocenters. The number of hydrogen-bond acceptors (Lipinski definition) is 3. The quantitative estimate of drug-likeness (QED) is 0.861. The van der Waals surface area contributed by atoms with Gasteiger partial charge >= 0.3 is 0 Å². The van der Waals surface area contributed by atoms with Crippen LogP contribution in [-0.2, 0) is 4.79 Å². The van der Waals surface area contributed by atoms with Crippen molar-refractivity contribution in [3.8, 4) is 0 Å². The summed E-state index contributed by atoms with van der Waals surface area (Å²) in [6.45, 7) is 3.03. The summed E-state index contributed by atoms with van der Waals surface area (Å²) in [5.74, 6) is -0.243. The molecule has 0 fully saturated rings. The number of nitrogens with zero attached hydrogens (tertiary/aromatic N) is 1. The van der Waals surface area contributed by atoms with Crippen LogP contribution in [0.15, 0.2) is 54.6 Å². The fourth-order valence-electron chi connectivity index (χ4n) is 2.25. The molecule has 0 heterocycles. The van der Waals surface area contributed by atoms with Crippen LogP contribution in [0.5, 0.6) is 0 Å². The Hall–Kier alpha value is -2.82. The summed E-state index contributed by atoms with van der Waals surface area (Å²) in [4.78, 5) is 25.7. The maximum atomic E-state index is 12.2. The number of benzene rings is 2. The number of likely N-dealkylation sites (N-methyl/N-ethyl adjacent to an activating group) is 1. The van der Waals surface area contributed by atoms with Crippen LogP contribution in [0.2, 0.25) is 0 Å². The summed E-state index contributed by atoms with van der Waals surface area (Å²) in [6.07, 6.45) is 0. The predicted octanol–water partition coefficient (Wildman–Crippen LogP) is 2.51. The van der Waals surface area contributed by atoms with Gasteiger partial charge in [-0.3, -0.25) is 9.59 Å². The van der Waals surface area contributed by atoms with E-state index in [1.807, 2.05) is 42.2 Å². The zero-order valence-electron chi connectivity index (χ0n) is 13.4. The van der Waals surface area contributed by atoms with Crippen molar-refractivity contribution < 1.29 is 9.59 Å². The van der Waals surface area contributed by atoms with E-state index in [1.165, 1.54) is 0 Å². The van der Waals surface area contributed by atoms with Crippen molar-refractivity contribution in [3.63, 3.8) is 0 Å². The molecule has 0 saturated heterocycles. The van der Waals surface area contributed by atoms with E-state index >= 15 is 0 Å². The monoisotopic (exact) mass is 311 g/mol. The molecule has 120 valence electrons. The molecule has 5 heteroatoms. The van der Waals surface area contributed by atoms with Crippen molar-refractivity contribution in [2.45, 2.75) is 6.92 Å². The summed E-state index contributed by atoms with van der Waals surface area (Å²) >= 11 is 0. The third-order valence-corrected chi connectivity index (χ3v) is 3.50. The molecule has 2 aromatic carbocycles. The first-order valence-electron chi connectivity index (χ1n) is 7.56. The fraction of sp³-hybridized carbons (Fsp3) is 0.222. The van der Waals surface area contributed by atoms with Gasteiger partial charge in [-0.15, -0.1) is 0 Å². The highest BCUT2D eigenvalue weighted by Crippen LogP contribution is 2.13. The van der Waals surface area contributed by atoms with Gasteiger partial charge in [-0.1, -0.05) is 18.2 Å². The minimum absolute atomic E-state index is 0.0941. The lowest BCUT2D eigenvalue weighted by atomic mass is 10.2. The van der Waals surface area contributed by atoms with E-state index in [4.69, 9.17) is 0 Å². The number of rotatable bonds is 6. The summed E-state index contributed by atoms with van der Waals surface area (Å²) in [7, 11) is 1.58. The van der Waals surface area contributed by atoms with Gasteiger partial charge in [0.05, 0.1) is 6.54 Å². The van der Waals surface area contributed by atoms with Crippen LogP contribution in [-0.4, -0.2) is 32.0 Å². The van der Waals surface area contributed by atoms with Crippen LogP contribution < -0.4 is 15.5 Å². The van der Waals surface area contributed by atoms with Gasteiger partial charge in [-0.25, -0.2) is 0 Å². The van der Waals surface area contributed by atoms with E-state index in [2.05, 4.69) is 10.6 Å². The highest BCUT2D eigenvalue weighted by Gasteiger charge is 2.10. The third kappa shape index (κ3) is 4.57. The average Bonchev–Trinajstić information content (AvgIpc) is 2.60. The highest BCUT2D eigenvalue weighted by molar-refractivity contribution is 5.96. The summed E-state index contributed by atoms with van der Waals surface area (Å²) in [6, 6.07) is 16.6. The van der Waals surface area contributed by atoms with Crippen LogP contribution in [0.1, 0.15) is 17.3 Å². The standard InChI is InChI=1S/C18H21N3O2/c1-3-21(16-7-5-4-6-8-16)13-17(22)20-15-11-9-14(10-12-15)18(23)19-2/h4-12H,3,13H2,1-2H3,(H,19,23)(H,20,22). The molecule has 2 rings (SSSR count). The van der Waals surface area contributed by atoms with Crippen LogP contribution in [0.3, 0.4) is 0 Å². The maximum absolute atomic E-state index is 12.2. The number of carbonyl (C=O) groups excluding carboxylic acids is 2. The lowest BCUT2D eigenvalue weighted by molar-refractivity contribution is -0.115. The Labute approximate surface area is 136 Å². The van der Waals surface area contributed by atoms with Crippen LogP contribution in [0.25, 0.3) is 0 Å². The Kier molecular flexibility index (Phi) is 5.74. The van der Waals surface area contributed by atoms with Gasteiger partial charge in [0.1, 0.15) is 0 Å². The molecule has 23 heavy (non-hydrogen) atoms. The first-order chi connectivity index (χ1) is 11.1. The normalized spacial score (nSPS) is 10.0. The number of carbonyl (C=O) groups is 2. The second-order valence-electron chi connectivity index (χ2n) is 5.05. The molecule has 2 N–H and O–H groups in total. The van der Waals surface area contributed by atoms with E-state index in [0.29, 0.717) is 11.3 Å². The van der Waals surface area contributed by atoms with E-state index in [9.17, 15) is 9.59 Å². The first-order valence-corrected chi connectivity index (χ1v) is 7.56. The Morgan fingerprint density at radius 3 is 2.22 bits per heavy atom. The molecule has 0 spiro atoms. The minimum atomic E-state index is -0.149. The molecule has 0 bridgehead atoms. The van der Waals surface area contributed by atoms with E-state index < -0.39 is 0 Å². The fourth-order valence-corrected chi connectivity index (χ4v) is 2.25. The summed E-state index contributed by atoms with van der Waals surface area (Å²) in [5, 5.41) is 5.41. The Morgan fingerprint density at radius 1 is 1.00 bits per heavy atom. The second kappa shape index (κ2) is 7.98. The zero-order valence-corrected chi connectivity index (χ0v) is 13.4. The number of nitrogens with one attached hydrogen (secondary N) is 2. The zero-order chi connectivity index (χ0) is 16.7. The van der Waals surface area contributed by atoms with Gasteiger partial charge in [0.25, 0.3) is 5.91 Å². The van der Waals surface area contributed by atoms with Crippen LogP contribution in [0, 0.1) is 0 Å². The summed E-state index contributed by atoms with van der Waals surface area (Å²) in [5.41, 5.74) is 2.25. The van der Waals surface area contributed by atoms with E-state index in [1.54, 1.807) is 31.3 Å². The number of amides is 2. The van der Waals surface area contributed by atoms with Crippen molar-refractivity contribution in [2.75, 3.05) is 30.4 Å². The second-order valence-corrected chi connectivity index (χ2v) is 5.05. The van der Waals surface area contributed by atoms with Gasteiger partial charge in [-0.05, 0) is 43.3 Å². The molecule has 5 nitrogen and oxygen atoms in total. The molecule has 0 aliphatic heterocycles. The Morgan fingerprint density at radius 2 is 1.65 bits per heavy atom. The van der Waals surface area contributed by atoms with E-state index in [-0.39, 0.29) is 18.4 Å². The Bertz CT molecular complexity index is 654. The molecule has 0 aromatic heterocycles. The topological polar surface area (TPSA) is 61.4 Å². The van der Waals surface area contributed by atoms with Crippen LogP contribution >= 0.6 is 0 Å². The minimum Gasteiger partial charge on any atom is -0.362 e. The molecule has 0 radical (unpaired) electrons. The molecular formula is C18H21N3O2. The van der Waals surface area contributed by atoms with Crippen molar-refractivity contribution in [1.29, 1.82) is 0 Å². The van der Waals surface area contributed by atoms with Crippen molar-refractivity contribution in [1.82, 2.24) is 5.32 Å². The van der Waals surface area contributed by atoms with Gasteiger partial charge in [-0.2, -0.15) is 0 Å². The molecule has 0 saturated carbocycles. The molecular weight excluding hydrogens is 290 g/mol. The van der Waals surface area contributed by atoms with Crippen molar-refractivity contribution in [3.05, 3.63) is 60.2 Å². The highest BCUT2D eigenvalue weighted by atomic mass is 16.2. The molecule has 2 aromatic rings. The van der Waals surface area contributed by atoms with Crippen LogP contribution in [0.4, 0.5) is 11.4 Å². The van der Waals surface area contributed by atoms with Gasteiger partial charge in [0.15, 0.2) is 0 Å². The summed E-state index contributed by atoms with van der Waals surface area (Å²) < 4.78 is 0. The lowest BCUT2D eigenvalue weighted by Gasteiger charge is -2.22. The van der Waals surface area contributed by atoms with Gasteiger partial charge in [0, 0.05) is 30.5 Å².